The zero-order chi connectivity index (χ0) is 7.40. The van der Waals surface area contributed by atoms with Gasteiger partial charge in [0.05, 0.1) is 0 Å². The van der Waals surface area contributed by atoms with Crippen molar-refractivity contribution in [3.05, 3.63) is 37.1 Å². The molecule has 0 saturated carbocycles. The third-order valence-electron chi connectivity index (χ3n) is 1.29. The summed E-state index contributed by atoms with van der Waals surface area (Å²) in [5.74, 6) is -0.0139. The van der Waals surface area contributed by atoms with Gasteiger partial charge in [-0.05, 0) is 0 Å². The summed E-state index contributed by atoms with van der Waals surface area (Å²) in [5, 5.41) is 0. The van der Waals surface area contributed by atoms with Crippen LogP contribution in [-0.4, -0.2) is 17.4 Å². The highest BCUT2D eigenvalue weighted by atomic mass is 16.2. The molecule has 0 aromatic carbocycles. The topological polar surface area (TPSA) is 20.3 Å². The molecule has 0 aromatic heterocycles. The summed E-state index contributed by atoms with van der Waals surface area (Å²) in [5.41, 5.74) is 0. The quantitative estimate of drug-likeness (QED) is 0.527. The summed E-state index contributed by atoms with van der Waals surface area (Å²) in [6.07, 6.45) is 8.53. The first-order valence-corrected chi connectivity index (χ1v) is 3.11. The molecule has 52 valence electrons. The predicted molar refractivity (Wildman–Crippen MR) is 40.2 cm³/mol. The van der Waals surface area contributed by atoms with E-state index < -0.39 is 0 Å². The highest BCUT2D eigenvalue weighted by molar-refractivity contribution is 5.89. The Bertz CT molecular complexity index is 203. The third kappa shape index (κ3) is 1.35. The minimum atomic E-state index is -0.0139. The predicted octanol–water partition coefficient (Wildman–Crippen LogP) is 1.08. The van der Waals surface area contributed by atoms with Crippen molar-refractivity contribution in [2.75, 3.05) is 6.54 Å². The van der Waals surface area contributed by atoms with Crippen LogP contribution in [0.15, 0.2) is 37.1 Å². The first-order chi connectivity index (χ1) is 4.84. The highest BCUT2D eigenvalue weighted by Gasteiger charge is 2.04. The first kappa shape index (κ1) is 6.81. The van der Waals surface area contributed by atoms with Crippen LogP contribution in [0.5, 0.6) is 0 Å². The normalized spacial score (nSPS) is 17.2. The smallest absolute Gasteiger partial charge is 0.250 e. The number of nitrogens with zero attached hydrogens (tertiary/aromatic N) is 1. The van der Waals surface area contributed by atoms with Crippen molar-refractivity contribution >= 4 is 5.91 Å². The molecule has 0 spiro atoms. The number of allylic oxidation sites excluding steroid dienone is 2. The molecule has 0 bridgehead atoms. The van der Waals surface area contributed by atoms with Crippen molar-refractivity contribution in [2.45, 2.75) is 0 Å². The Morgan fingerprint density at radius 2 is 2.40 bits per heavy atom. The Labute approximate surface area is 60.1 Å². The SMILES string of the molecule is C=CN1CC=CC=CC1=O. The van der Waals surface area contributed by atoms with Crippen LogP contribution in [0, 0.1) is 0 Å². The van der Waals surface area contributed by atoms with Gasteiger partial charge in [-0.1, -0.05) is 24.8 Å². The van der Waals surface area contributed by atoms with Crippen molar-refractivity contribution in [3.8, 4) is 0 Å². The van der Waals surface area contributed by atoms with Crippen molar-refractivity contribution in [1.82, 2.24) is 4.90 Å². The Kier molecular flexibility index (Phi) is 2.05. The summed E-state index contributed by atoms with van der Waals surface area (Å²) in [7, 11) is 0. The monoisotopic (exact) mass is 135 g/mol. The summed E-state index contributed by atoms with van der Waals surface area (Å²) in [6, 6.07) is 0. The molecular weight excluding hydrogens is 126 g/mol. The van der Waals surface area contributed by atoms with Gasteiger partial charge in [0.15, 0.2) is 0 Å². The summed E-state index contributed by atoms with van der Waals surface area (Å²) in [4.78, 5) is 12.5. The van der Waals surface area contributed by atoms with Crippen LogP contribution in [0.25, 0.3) is 0 Å². The minimum Gasteiger partial charge on any atom is -0.312 e. The second kappa shape index (κ2) is 3.01. The fraction of sp³-hybridized carbons (Fsp3) is 0.125. The maximum absolute atomic E-state index is 11.0. The van der Waals surface area contributed by atoms with Gasteiger partial charge in [-0.25, -0.2) is 0 Å². The van der Waals surface area contributed by atoms with Crippen LogP contribution < -0.4 is 0 Å². The lowest BCUT2D eigenvalue weighted by Crippen LogP contribution is -2.22. The molecular formula is C8H9NO. The minimum absolute atomic E-state index is 0.0139. The average molecular weight is 135 g/mol. The molecule has 0 aromatic rings. The molecule has 0 saturated heterocycles. The van der Waals surface area contributed by atoms with E-state index in [2.05, 4.69) is 6.58 Å². The van der Waals surface area contributed by atoms with Gasteiger partial charge in [0.25, 0.3) is 5.91 Å². The fourth-order valence-electron chi connectivity index (χ4n) is 0.741. The van der Waals surface area contributed by atoms with Crippen molar-refractivity contribution in [2.24, 2.45) is 0 Å². The van der Waals surface area contributed by atoms with Gasteiger partial charge >= 0.3 is 0 Å². The molecule has 0 aliphatic carbocycles. The van der Waals surface area contributed by atoms with Gasteiger partial charge in [0.1, 0.15) is 0 Å². The van der Waals surface area contributed by atoms with E-state index in [1.807, 2.05) is 12.2 Å². The second-order valence-electron chi connectivity index (χ2n) is 1.96. The number of carbonyl (C=O) groups is 1. The van der Waals surface area contributed by atoms with Gasteiger partial charge in [0, 0.05) is 18.8 Å². The Balaban J connectivity index is 2.74. The van der Waals surface area contributed by atoms with E-state index in [-0.39, 0.29) is 5.91 Å². The molecule has 1 heterocycles. The van der Waals surface area contributed by atoms with Gasteiger partial charge in [-0.15, -0.1) is 0 Å². The standard InChI is InChI=1S/C8H9NO/c1-2-9-7-5-3-4-6-8(9)10/h2-6H,1,7H2. The number of hydrogen-bond acceptors (Lipinski definition) is 1. The van der Waals surface area contributed by atoms with Crippen molar-refractivity contribution in [3.63, 3.8) is 0 Å². The molecule has 2 heteroatoms. The Morgan fingerprint density at radius 1 is 1.60 bits per heavy atom. The lowest BCUT2D eigenvalue weighted by Gasteiger charge is -2.10. The van der Waals surface area contributed by atoms with E-state index in [0.29, 0.717) is 6.54 Å². The number of hydrogen-bond donors (Lipinski definition) is 0. The molecule has 0 fully saturated rings. The molecule has 0 N–H and O–H groups in total. The fourth-order valence-corrected chi connectivity index (χ4v) is 0.741. The van der Waals surface area contributed by atoms with Crippen molar-refractivity contribution < 1.29 is 4.79 Å². The molecule has 2 nitrogen and oxygen atoms in total. The first-order valence-electron chi connectivity index (χ1n) is 3.11. The maximum atomic E-state index is 11.0. The molecule has 1 aliphatic heterocycles. The molecule has 0 unspecified atom stereocenters. The van der Waals surface area contributed by atoms with Gasteiger partial charge in [-0.2, -0.15) is 0 Å². The summed E-state index contributed by atoms with van der Waals surface area (Å²) < 4.78 is 0. The van der Waals surface area contributed by atoms with E-state index in [4.69, 9.17) is 0 Å². The van der Waals surface area contributed by atoms with Gasteiger partial charge in [0.2, 0.25) is 0 Å². The molecule has 1 aliphatic rings. The van der Waals surface area contributed by atoms with Crippen LogP contribution in [-0.2, 0) is 4.79 Å². The Hall–Kier alpha value is -1.31. The number of carbonyl (C=O) groups excluding carboxylic acids is 1. The summed E-state index contributed by atoms with van der Waals surface area (Å²) >= 11 is 0. The van der Waals surface area contributed by atoms with Crippen LogP contribution in [0.2, 0.25) is 0 Å². The lowest BCUT2D eigenvalue weighted by molar-refractivity contribution is -0.123. The number of amides is 1. The van der Waals surface area contributed by atoms with Crippen LogP contribution in [0.3, 0.4) is 0 Å². The van der Waals surface area contributed by atoms with E-state index in [1.165, 1.54) is 12.3 Å². The van der Waals surface area contributed by atoms with E-state index >= 15 is 0 Å². The molecule has 1 amide bonds. The number of rotatable bonds is 1. The Morgan fingerprint density at radius 3 is 3.10 bits per heavy atom. The maximum Gasteiger partial charge on any atom is 0.250 e. The van der Waals surface area contributed by atoms with E-state index in [9.17, 15) is 4.79 Å². The van der Waals surface area contributed by atoms with E-state index in [1.54, 1.807) is 11.0 Å². The second-order valence-corrected chi connectivity index (χ2v) is 1.96. The average Bonchev–Trinajstić information content (AvgIpc) is 2.13. The third-order valence-corrected chi connectivity index (χ3v) is 1.29. The molecule has 10 heavy (non-hydrogen) atoms. The summed E-state index contributed by atoms with van der Waals surface area (Å²) in [6.45, 7) is 4.13. The van der Waals surface area contributed by atoms with Gasteiger partial charge in [-0.3, -0.25) is 4.79 Å². The highest BCUT2D eigenvalue weighted by Crippen LogP contribution is 1.97. The van der Waals surface area contributed by atoms with E-state index in [0.717, 1.165) is 0 Å². The lowest BCUT2D eigenvalue weighted by atomic mass is 10.4. The van der Waals surface area contributed by atoms with Crippen LogP contribution in [0.1, 0.15) is 0 Å². The molecule has 0 atom stereocenters. The molecule has 0 radical (unpaired) electrons. The molecule has 1 rings (SSSR count). The van der Waals surface area contributed by atoms with Crippen LogP contribution >= 0.6 is 0 Å². The largest absolute Gasteiger partial charge is 0.312 e. The zero-order valence-corrected chi connectivity index (χ0v) is 5.66. The zero-order valence-electron chi connectivity index (χ0n) is 5.66. The van der Waals surface area contributed by atoms with Crippen molar-refractivity contribution in [1.29, 1.82) is 0 Å². The van der Waals surface area contributed by atoms with Crippen LogP contribution in [0.4, 0.5) is 0 Å². The van der Waals surface area contributed by atoms with Gasteiger partial charge < -0.3 is 4.90 Å².